The summed E-state index contributed by atoms with van der Waals surface area (Å²) in [7, 11) is 0. The van der Waals surface area contributed by atoms with Crippen LogP contribution in [0.1, 0.15) is 27.2 Å². The molecule has 2 rings (SSSR count). The predicted octanol–water partition coefficient (Wildman–Crippen LogP) is 1.52. The number of carbonyl (C=O) groups is 2. The highest BCUT2D eigenvalue weighted by molar-refractivity contribution is 5.95. The molecular formula is C17H19N3O2. The van der Waals surface area contributed by atoms with E-state index in [1.54, 1.807) is 18.2 Å². The number of aryl methyl sites for hydroxylation is 2. The first-order chi connectivity index (χ1) is 10.5. The number of benzene rings is 1. The minimum Gasteiger partial charge on any atom is -0.368 e. The highest BCUT2D eigenvalue weighted by Crippen LogP contribution is 2.15. The molecule has 3 N–H and O–H groups in total. The number of hydrogen-bond acceptors (Lipinski definition) is 3. The molecule has 0 fully saturated rings. The van der Waals surface area contributed by atoms with Crippen molar-refractivity contribution >= 4 is 11.8 Å². The number of primary amides is 1. The number of hydrogen-bond donors (Lipinski definition) is 2. The van der Waals surface area contributed by atoms with E-state index < -0.39 is 17.9 Å². The van der Waals surface area contributed by atoms with E-state index in [0.29, 0.717) is 6.42 Å². The zero-order chi connectivity index (χ0) is 16.1. The van der Waals surface area contributed by atoms with Gasteiger partial charge in [0.15, 0.2) is 0 Å². The molecule has 1 atom stereocenters. The standard InChI is InChI=1S/C17H19N3O2/c1-11-6-5-7-12(2)13(11)10-15(16(18)21)20-17(22)14-8-3-4-9-19-14/h3-9,15H,10H2,1-2H3,(H2,18,21)(H,20,22)/t15-/m1/s1. The van der Waals surface area contributed by atoms with Gasteiger partial charge in [-0.05, 0) is 42.7 Å². The van der Waals surface area contributed by atoms with Crippen molar-refractivity contribution in [2.45, 2.75) is 26.3 Å². The maximum atomic E-state index is 12.1. The molecule has 0 bridgehead atoms. The van der Waals surface area contributed by atoms with Gasteiger partial charge in [-0.15, -0.1) is 0 Å². The molecule has 5 heteroatoms. The Hall–Kier alpha value is -2.69. The van der Waals surface area contributed by atoms with Gasteiger partial charge in [-0.3, -0.25) is 14.6 Å². The van der Waals surface area contributed by atoms with Gasteiger partial charge in [0.05, 0.1) is 0 Å². The lowest BCUT2D eigenvalue weighted by Crippen LogP contribution is -2.46. The van der Waals surface area contributed by atoms with Gasteiger partial charge in [-0.2, -0.15) is 0 Å². The van der Waals surface area contributed by atoms with Gasteiger partial charge in [0, 0.05) is 12.6 Å². The molecule has 0 saturated heterocycles. The summed E-state index contributed by atoms with van der Waals surface area (Å²) in [6, 6.07) is 10.2. The average molecular weight is 297 g/mol. The molecule has 0 aliphatic rings. The first-order valence-corrected chi connectivity index (χ1v) is 7.05. The molecule has 1 aromatic carbocycles. The molecule has 0 aliphatic heterocycles. The maximum Gasteiger partial charge on any atom is 0.270 e. The molecule has 0 spiro atoms. The molecule has 5 nitrogen and oxygen atoms in total. The van der Waals surface area contributed by atoms with Gasteiger partial charge in [0.25, 0.3) is 5.91 Å². The monoisotopic (exact) mass is 297 g/mol. The lowest BCUT2D eigenvalue weighted by Gasteiger charge is -2.18. The Balaban J connectivity index is 2.18. The zero-order valence-corrected chi connectivity index (χ0v) is 12.7. The summed E-state index contributed by atoms with van der Waals surface area (Å²) in [5, 5.41) is 2.66. The maximum absolute atomic E-state index is 12.1. The van der Waals surface area contributed by atoms with Gasteiger partial charge < -0.3 is 11.1 Å². The SMILES string of the molecule is Cc1cccc(C)c1C[C@@H](NC(=O)c1ccccn1)C(N)=O. The summed E-state index contributed by atoms with van der Waals surface area (Å²) in [6.07, 6.45) is 1.89. The zero-order valence-electron chi connectivity index (χ0n) is 12.7. The highest BCUT2D eigenvalue weighted by atomic mass is 16.2. The molecule has 0 aliphatic carbocycles. The summed E-state index contributed by atoms with van der Waals surface area (Å²) >= 11 is 0. The second-order valence-corrected chi connectivity index (χ2v) is 5.22. The summed E-state index contributed by atoms with van der Waals surface area (Å²) in [5.74, 6) is -0.970. The van der Waals surface area contributed by atoms with Crippen LogP contribution in [0.4, 0.5) is 0 Å². The summed E-state index contributed by atoms with van der Waals surface area (Å²) in [6.45, 7) is 3.95. The Bertz CT molecular complexity index is 663. The second-order valence-electron chi connectivity index (χ2n) is 5.22. The van der Waals surface area contributed by atoms with Crippen LogP contribution in [0, 0.1) is 13.8 Å². The third-order valence-corrected chi connectivity index (χ3v) is 3.60. The average Bonchev–Trinajstić information content (AvgIpc) is 2.50. The first-order valence-electron chi connectivity index (χ1n) is 7.05. The van der Waals surface area contributed by atoms with Crippen LogP contribution in [0.2, 0.25) is 0 Å². The number of pyridine rings is 1. The van der Waals surface area contributed by atoms with E-state index in [1.807, 2.05) is 32.0 Å². The van der Waals surface area contributed by atoms with Gasteiger partial charge in [-0.1, -0.05) is 24.3 Å². The van der Waals surface area contributed by atoms with Gasteiger partial charge in [-0.25, -0.2) is 0 Å². The Morgan fingerprint density at radius 3 is 2.36 bits per heavy atom. The fraction of sp³-hybridized carbons (Fsp3) is 0.235. The third kappa shape index (κ3) is 3.69. The van der Waals surface area contributed by atoms with Crippen LogP contribution in [-0.2, 0) is 11.2 Å². The van der Waals surface area contributed by atoms with E-state index in [2.05, 4.69) is 10.3 Å². The lowest BCUT2D eigenvalue weighted by atomic mass is 9.96. The minimum absolute atomic E-state index is 0.259. The first kappa shape index (κ1) is 15.7. The molecule has 22 heavy (non-hydrogen) atoms. The lowest BCUT2D eigenvalue weighted by molar-refractivity contribution is -0.119. The summed E-state index contributed by atoms with van der Waals surface area (Å²) < 4.78 is 0. The van der Waals surface area contributed by atoms with E-state index in [4.69, 9.17) is 5.73 Å². The molecule has 1 heterocycles. The third-order valence-electron chi connectivity index (χ3n) is 3.60. The topological polar surface area (TPSA) is 85.1 Å². The second kappa shape index (κ2) is 6.85. The van der Waals surface area contributed by atoms with Crippen molar-refractivity contribution in [3.05, 3.63) is 65.0 Å². The van der Waals surface area contributed by atoms with Crippen molar-refractivity contribution in [2.75, 3.05) is 0 Å². The predicted molar refractivity (Wildman–Crippen MR) is 84.3 cm³/mol. The van der Waals surface area contributed by atoms with Crippen molar-refractivity contribution in [2.24, 2.45) is 5.73 Å². The van der Waals surface area contributed by atoms with E-state index >= 15 is 0 Å². The van der Waals surface area contributed by atoms with Crippen molar-refractivity contribution in [3.63, 3.8) is 0 Å². The van der Waals surface area contributed by atoms with Crippen molar-refractivity contribution < 1.29 is 9.59 Å². The number of amides is 2. The number of carbonyl (C=O) groups excluding carboxylic acids is 2. The molecule has 0 saturated carbocycles. The van der Waals surface area contributed by atoms with Gasteiger partial charge in [0.2, 0.25) is 5.91 Å². The van der Waals surface area contributed by atoms with Gasteiger partial charge >= 0.3 is 0 Å². The van der Waals surface area contributed by atoms with E-state index in [9.17, 15) is 9.59 Å². The molecule has 1 aromatic heterocycles. The smallest absolute Gasteiger partial charge is 0.270 e. The Kier molecular flexibility index (Phi) is 4.88. The summed E-state index contributed by atoms with van der Waals surface area (Å²) in [5.41, 5.74) is 8.85. The van der Waals surface area contributed by atoms with Gasteiger partial charge in [0.1, 0.15) is 11.7 Å². The van der Waals surface area contributed by atoms with Crippen LogP contribution >= 0.6 is 0 Å². The van der Waals surface area contributed by atoms with Crippen molar-refractivity contribution in [1.29, 1.82) is 0 Å². The Labute approximate surface area is 129 Å². The largest absolute Gasteiger partial charge is 0.368 e. The van der Waals surface area contributed by atoms with Crippen LogP contribution in [0.25, 0.3) is 0 Å². The molecular weight excluding hydrogens is 278 g/mol. The Morgan fingerprint density at radius 2 is 1.82 bits per heavy atom. The normalized spacial score (nSPS) is 11.7. The molecule has 114 valence electrons. The van der Waals surface area contributed by atoms with Crippen molar-refractivity contribution in [3.8, 4) is 0 Å². The van der Waals surface area contributed by atoms with Crippen LogP contribution < -0.4 is 11.1 Å². The fourth-order valence-corrected chi connectivity index (χ4v) is 2.33. The number of nitrogens with one attached hydrogen (secondary N) is 1. The highest BCUT2D eigenvalue weighted by Gasteiger charge is 2.21. The van der Waals surface area contributed by atoms with Crippen LogP contribution in [0.15, 0.2) is 42.6 Å². The molecule has 2 aromatic rings. The van der Waals surface area contributed by atoms with Crippen LogP contribution in [0.3, 0.4) is 0 Å². The van der Waals surface area contributed by atoms with E-state index in [1.165, 1.54) is 6.20 Å². The van der Waals surface area contributed by atoms with Crippen LogP contribution in [0.5, 0.6) is 0 Å². The number of rotatable bonds is 5. The van der Waals surface area contributed by atoms with E-state index in [0.717, 1.165) is 16.7 Å². The minimum atomic E-state index is -0.769. The quantitative estimate of drug-likeness (QED) is 0.877. The number of nitrogens with zero attached hydrogens (tertiary/aromatic N) is 1. The molecule has 2 amide bonds. The fourth-order valence-electron chi connectivity index (χ4n) is 2.33. The molecule has 0 radical (unpaired) electrons. The van der Waals surface area contributed by atoms with Crippen LogP contribution in [-0.4, -0.2) is 22.8 Å². The van der Waals surface area contributed by atoms with E-state index in [-0.39, 0.29) is 5.69 Å². The number of aromatic nitrogens is 1. The Morgan fingerprint density at radius 1 is 1.14 bits per heavy atom. The molecule has 0 unspecified atom stereocenters. The number of nitrogens with two attached hydrogens (primary N) is 1. The summed E-state index contributed by atoms with van der Waals surface area (Å²) in [4.78, 5) is 27.8. The van der Waals surface area contributed by atoms with Crippen molar-refractivity contribution in [1.82, 2.24) is 10.3 Å².